The van der Waals surface area contributed by atoms with Gasteiger partial charge in [0.1, 0.15) is 0 Å². The molecule has 26 heavy (non-hydrogen) atoms. The monoisotopic (exact) mass is 375 g/mol. The highest BCUT2D eigenvalue weighted by molar-refractivity contribution is 7.09. The highest BCUT2D eigenvalue weighted by Crippen LogP contribution is 2.46. The number of phenolic OH excluding ortho intramolecular Hbond substituents is 1. The van der Waals surface area contributed by atoms with Crippen LogP contribution in [0.3, 0.4) is 0 Å². The summed E-state index contributed by atoms with van der Waals surface area (Å²) >= 11 is 1.73. The molecule has 2 aliphatic rings. The summed E-state index contributed by atoms with van der Waals surface area (Å²) in [5, 5.41) is 22.4. The number of hydrogen-bond acceptors (Lipinski definition) is 4. The molecule has 2 fully saturated rings. The minimum absolute atomic E-state index is 0.217. The molecule has 2 N–H and O–H groups in total. The van der Waals surface area contributed by atoms with E-state index in [1.165, 1.54) is 17.0 Å². The minimum atomic E-state index is -0.550. The molecule has 140 valence electrons. The van der Waals surface area contributed by atoms with Crippen LogP contribution in [0, 0.1) is 17.7 Å². The van der Waals surface area contributed by atoms with E-state index in [2.05, 4.69) is 29.3 Å². The van der Waals surface area contributed by atoms with Crippen molar-refractivity contribution in [3.63, 3.8) is 0 Å². The predicted molar refractivity (Wildman–Crippen MR) is 102 cm³/mol. The van der Waals surface area contributed by atoms with Gasteiger partial charge in [0.25, 0.3) is 0 Å². The van der Waals surface area contributed by atoms with E-state index in [9.17, 15) is 14.6 Å². The van der Waals surface area contributed by atoms with Crippen LogP contribution in [0.15, 0.2) is 35.7 Å². The molecule has 2 unspecified atom stereocenters. The first-order chi connectivity index (χ1) is 12.4. The van der Waals surface area contributed by atoms with Gasteiger partial charge in [-0.25, -0.2) is 4.39 Å². The first-order valence-electron chi connectivity index (χ1n) is 9.37. The number of phenols is 1. The van der Waals surface area contributed by atoms with Crippen molar-refractivity contribution in [2.24, 2.45) is 11.8 Å². The van der Waals surface area contributed by atoms with E-state index in [0.717, 1.165) is 44.5 Å². The summed E-state index contributed by atoms with van der Waals surface area (Å²) in [6.07, 6.45) is 2.55. The van der Waals surface area contributed by atoms with Crippen molar-refractivity contribution >= 4 is 11.3 Å². The van der Waals surface area contributed by atoms with Gasteiger partial charge in [-0.2, -0.15) is 0 Å². The topological polar surface area (TPSA) is 43.7 Å². The normalized spacial score (nSPS) is 29.8. The van der Waals surface area contributed by atoms with Crippen LogP contribution in [0.1, 0.15) is 36.1 Å². The van der Waals surface area contributed by atoms with Crippen molar-refractivity contribution in [2.45, 2.75) is 37.7 Å². The molecule has 2 heterocycles. The standard InChI is InChI=1S/C21H26FNO2S/c1-14(15-4-5-20(24)19(22)7-15)11-23-12-16-8-21(25,9-17(16)13-23)10-18-3-2-6-26-18/h2-7,14,16-17,24-25H,8-13H2,1H3/t14?,16-,17+,21?. The fourth-order valence-electron chi connectivity index (χ4n) is 4.91. The highest BCUT2D eigenvalue weighted by atomic mass is 32.1. The molecule has 0 radical (unpaired) electrons. The van der Waals surface area contributed by atoms with Crippen LogP contribution in [0.4, 0.5) is 4.39 Å². The fraction of sp³-hybridized carbons (Fsp3) is 0.524. The number of rotatable bonds is 5. The SMILES string of the molecule is CC(CN1C[C@@H]2CC(O)(Cc3cccs3)C[C@@H]2C1)c1ccc(O)c(F)c1. The lowest BCUT2D eigenvalue weighted by molar-refractivity contribution is 0.0360. The Kier molecular flexibility index (Phi) is 4.80. The molecule has 1 saturated heterocycles. The zero-order valence-corrected chi connectivity index (χ0v) is 15.9. The predicted octanol–water partition coefficient (Wildman–Crippen LogP) is 4.01. The van der Waals surface area contributed by atoms with Crippen molar-refractivity contribution in [1.29, 1.82) is 0 Å². The maximum atomic E-state index is 13.6. The Balaban J connectivity index is 1.33. The van der Waals surface area contributed by atoms with Crippen molar-refractivity contribution in [2.75, 3.05) is 19.6 Å². The average molecular weight is 376 g/mol. The van der Waals surface area contributed by atoms with E-state index < -0.39 is 11.4 Å². The fourth-order valence-corrected chi connectivity index (χ4v) is 5.75. The first-order valence-corrected chi connectivity index (χ1v) is 10.3. The van der Waals surface area contributed by atoms with Crippen LogP contribution in [0.25, 0.3) is 0 Å². The van der Waals surface area contributed by atoms with Crippen molar-refractivity contribution < 1.29 is 14.6 Å². The minimum Gasteiger partial charge on any atom is -0.505 e. The molecule has 0 bridgehead atoms. The number of nitrogens with zero attached hydrogens (tertiary/aromatic N) is 1. The summed E-state index contributed by atoms with van der Waals surface area (Å²) in [5.74, 6) is 0.495. The maximum Gasteiger partial charge on any atom is 0.165 e. The zero-order chi connectivity index (χ0) is 18.3. The van der Waals surface area contributed by atoms with Crippen molar-refractivity contribution in [1.82, 2.24) is 4.90 Å². The molecule has 1 saturated carbocycles. The molecule has 1 aliphatic heterocycles. The third-order valence-corrected chi connectivity index (χ3v) is 6.97. The Morgan fingerprint density at radius 2 is 2.00 bits per heavy atom. The third kappa shape index (κ3) is 3.66. The third-order valence-electron chi connectivity index (χ3n) is 6.09. The van der Waals surface area contributed by atoms with Gasteiger partial charge in [0.05, 0.1) is 5.60 Å². The lowest BCUT2D eigenvalue weighted by Gasteiger charge is -2.27. The summed E-state index contributed by atoms with van der Waals surface area (Å²) in [5.41, 5.74) is 0.379. The molecular formula is C21H26FNO2S. The van der Waals surface area contributed by atoms with Crippen LogP contribution >= 0.6 is 11.3 Å². The number of aliphatic hydroxyl groups is 1. The summed E-state index contributed by atoms with van der Waals surface area (Å²) in [4.78, 5) is 3.72. The Hall–Kier alpha value is -1.43. The Morgan fingerprint density at radius 3 is 2.62 bits per heavy atom. The van der Waals surface area contributed by atoms with Crippen molar-refractivity contribution in [3.05, 3.63) is 52.0 Å². The molecule has 5 heteroatoms. The number of likely N-dealkylation sites (tertiary alicyclic amines) is 1. The summed E-state index contributed by atoms with van der Waals surface area (Å²) in [7, 11) is 0. The van der Waals surface area contributed by atoms with Crippen LogP contribution in [-0.2, 0) is 6.42 Å². The highest BCUT2D eigenvalue weighted by Gasteiger charge is 2.48. The van der Waals surface area contributed by atoms with Gasteiger partial charge in [-0.05, 0) is 59.7 Å². The average Bonchev–Trinajstić information content (AvgIpc) is 3.26. The molecule has 1 aromatic carbocycles. The van der Waals surface area contributed by atoms with E-state index in [0.29, 0.717) is 11.8 Å². The van der Waals surface area contributed by atoms with Crippen LogP contribution < -0.4 is 0 Å². The van der Waals surface area contributed by atoms with E-state index in [1.807, 2.05) is 0 Å². The molecule has 4 rings (SSSR count). The second-order valence-corrected chi connectivity index (χ2v) is 9.27. The smallest absolute Gasteiger partial charge is 0.165 e. The Bertz CT molecular complexity index is 749. The lowest BCUT2D eigenvalue weighted by atomic mass is 9.94. The molecule has 1 aromatic heterocycles. The lowest BCUT2D eigenvalue weighted by Crippen LogP contribution is -2.33. The van der Waals surface area contributed by atoms with Gasteiger partial charge in [-0.15, -0.1) is 11.3 Å². The molecule has 1 aliphatic carbocycles. The maximum absolute atomic E-state index is 13.6. The quantitative estimate of drug-likeness (QED) is 0.830. The molecule has 4 atom stereocenters. The van der Waals surface area contributed by atoms with Gasteiger partial charge in [0, 0.05) is 30.9 Å². The number of thiophene rings is 1. The van der Waals surface area contributed by atoms with E-state index in [1.54, 1.807) is 17.4 Å². The van der Waals surface area contributed by atoms with Gasteiger partial charge in [-0.3, -0.25) is 0 Å². The first kappa shape index (κ1) is 18.0. The van der Waals surface area contributed by atoms with Crippen LogP contribution in [0.5, 0.6) is 5.75 Å². The summed E-state index contributed by atoms with van der Waals surface area (Å²) < 4.78 is 13.6. The molecule has 2 aromatic rings. The second-order valence-electron chi connectivity index (χ2n) is 8.24. The second kappa shape index (κ2) is 6.95. The number of benzene rings is 1. The number of fused-ring (bicyclic) bond motifs is 1. The summed E-state index contributed by atoms with van der Waals surface area (Å²) in [6, 6.07) is 8.84. The Morgan fingerprint density at radius 1 is 1.27 bits per heavy atom. The number of hydrogen-bond donors (Lipinski definition) is 2. The van der Waals surface area contributed by atoms with Crippen molar-refractivity contribution in [3.8, 4) is 5.75 Å². The number of aromatic hydroxyl groups is 1. The zero-order valence-electron chi connectivity index (χ0n) is 15.1. The van der Waals surface area contributed by atoms with Crippen LogP contribution in [-0.4, -0.2) is 40.3 Å². The summed E-state index contributed by atoms with van der Waals surface area (Å²) in [6.45, 7) is 5.03. The van der Waals surface area contributed by atoms with Gasteiger partial charge in [0.2, 0.25) is 0 Å². The van der Waals surface area contributed by atoms with E-state index >= 15 is 0 Å². The molecule has 0 spiro atoms. The van der Waals surface area contributed by atoms with Crippen LogP contribution in [0.2, 0.25) is 0 Å². The van der Waals surface area contributed by atoms with E-state index in [4.69, 9.17) is 0 Å². The van der Waals surface area contributed by atoms with Gasteiger partial charge in [-0.1, -0.05) is 19.1 Å². The van der Waals surface area contributed by atoms with Gasteiger partial charge < -0.3 is 15.1 Å². The largest absolute Gasteiger partial charge is 0.505 e. The Labute approximate surface area is 158 Å². The molecule has 3 nitrogen and oxygen atoms in total. The molecular weight excluding hydrogens is 349 g/mol. The van der Waals surface area contributed by atoms with Gasteiger partial charge >= 0.3 is 0 Å². The molecule has 0 amide bonds. The number of halogens is 1. The van der Waals surface area contributed by atoms with E-state index in [-0.39, 0.29) is 11.7 Å². The van der Waals surface area contributed by atoms with Gasteiger partial charge in [0.15, 0.2) is 11.6 Å².